The highest BCUT2D eigenvalue weighted by Gasteiger charge is 2.54. The lowest BCUT2D eigenvalue weighted by Gasteiger charge is -2.48. The number of Topliss-reactive ketones (excluding diaryl/α,β-unsaturated/α-hetero) is 1. The fraction of sp³-hybridized carbons (Fsp3) is 0.643. The van der Waals surface area contributed by atoms with E-state index in [1.54, 1.807) is 12.4 Å². The molecule has 0 aromatic carbocycles. The second-order valence-corrected chi connectivity index (χ2v) is 12.6. The molecular formula is C14H21BrN2O2Si. The van der Waals surface area contributed by atoms with Crippen molar-refractivity contribution < 1.29 is 9.22 Å². The second-order valence-electron chi connectivity index (χ2n) is 6.97. The van der Waals surface area contributed by atoms with E-state index in [1.807, 2.05) is 0 Å². The van der Waals surface area contributed by atoms with E-state index in [1.165, 1.54) is 0 Å². The highest BCUT2D eigenvalue weighted by molar-refractivity contribution is 9.10. The molecule has 2 rings (SSSR count). The molecule has 0 amide bonds. The van der Waals surface area contributed by atoms with Crippen LogP contribution in [0.25, 0.3) is 0 Å². The van der Waals surface area contributed by atoms with Crippen molar-refractivity contribution in [1.29, 1.82) is 0 Å². The summed E-state index contributed by atoms with van der Waals surface area (Å²) in [4.78, 5) is 20.3. The predicted molar refractivity (Wildman–Crippen MR) is 83.9 cm³/mol. The Hall–Kier alpha value is -0.593. The average Bonchev–Trinajstić information content (AvgIpc) is 2.25. The lowest BCUT2D eigenvalue weighted by atomic mass is 9.78. The van der Waals surface area contributed by atoms with E-state index in [2.05, 4.69) is 59.8 Å². The van der Waals surface area contributed by atoms with Gasteiger partial charge >= 0.3 is 0 Å². The minimum atomic E-state index is -1.98. The maximum Gasteiger partial charge on any atom is 0.193 e. The van der Waals surface area contributed by atoms with Crippen LogP contribution in [-0.2, 0) is 14.8 Å². The lowest BCUT2D eigenvalue weighted by molar-refractivity contribution is -0.142. The first-order valence-corrected chi connectivity index (χ1v) is 10.5. The Morgan fingerprint density at radius 2 is 1.75 bits per heavy atom. The van der Waals surface area contributed by atoms with Gasteiger partial charge in [0, 0.05) is 25.2 Å². The minimum absolute atomic E-state index is 0.0913. The number of ketones is 1. The van der Waals surface area contributed by atoms with Gasteiger partial charge in [-0.1, -0.05) is 20.8 Å². The van der Waals surface area contributed by atoms with Crippen LogP contribution in [0.15, 0.2) is 16.9 Å². The van der Waals surface area contributed by atoms with E-state index in [0.717, 1.165) is 4.47 Å². The molecule has 110 valence electrons. The van der Waals surface area contributed by atoms with E-state index in [4.69, 9.17) is 4.43 Å². The summed E-state index contributed by atoms with van der Waals surface area (Å²) in [5.74, 6) is 0.848. The molecule has 1 aliphatic carbocycles. The molecule has 4 nitrogen and oxygen atoms in total. The third kappa shape index (κ3) is 2.87. The van der Waals surface area contributed by atoms with Crippen molar-refractivity contribution >= 4 is 30.0 Å². The summed E-state index contributed by atoms with van der Waals surface area (Å²) in [6.45, 7) is 11.0. The number of halogens is 1. The Kier molecular flexibility index (Phi) is 3.95. The van der Waals surface area contributed by atoms with Crippen molar-refractivity contribution in [2.45, 2.75) is 57.3 Å². The van der Waals surface area contributed by atoms with Crippen molar-refractivity contribution in [3.63, 3.8) is 0 Å². The summed E-state index contributed by atoms with van der Waals surface area (Å²) in [6, 6.07) is 0. The first-order chi connectivity index (χ1) is 9.06. The van der Waals surface area contributed by atoms with Gasteiger partial charge < -0.3 is 4.43 Å². The first kappa shape index (κ1) is 15.8. The molecule has 1 aromatic heterocycles. The fourth-order valence-corrected chi connectivity index (χ4v) is 3.77. The number of aromatic nitrogens is 2. The van der Waals surface area contributed by atoms with E-state index in [-0.39, 0.29) is 10.8 Å². The maximum absolute atomic E-state index is 11.6. The molecule has 0 radical (unpaired) electrons. The molecule has 0 aliphatic heterocycles. The average molecular weight is 357 g/mol. The van der Waals surface area contributed by atoms with E-state index < -0.39 is 13.9 Å². The monoisotopic (exact) mass is 356 g/mol. The van der Waals surface area contributed by atoms with Crippen molar-refractivity contribution in [2.24, 2.45) is 0 Å². The van der Waals surface area contributed by atoms with Crippen LogP contribution in [-0.4, -0.2) is 24.1 Å². The summed E-state index contributed by atoms with van der Waals surface area (Å²) in [5, 5.41) is 0.0913. The number of nitrogens with zero attached hydrogens (tertiary/aromatic N) is 2. The smallest absolute Gasteiger partial charge is 0.193 e. The largest absolute Gasteiger partial charge is 0.403 e. The number of carbonyl (C=O) groups excluding carboxylic acids is 1. The van der Waals surface area contributed by atoms with Crippen LogP contribution < -0.4 is 0 Å². The van der Waals surface area contributed by atoms with Crippen LogP contribution in [0.3, 0.4) is 0 Å². The Morgan fingerprint density at radius 3 is 2.15 bits per heavy atom. The molecule has 0 unspecified atom stereocenters. The van der Waals surface area contributed by atoms with Gasteiger partial charge in [0.2, 0.25) is 0 Å². The molecule has 0 N–H and O–H groups in total. The topological polar surface area (TPSA) is 52.1 Å². The maximum atomic E-state index is 11.6. The molecule has 6 heteroatoms. The van der Waals surface area contributed by atoms with Crippen molar-refractivity contribution in [3.8, 4) is 0 Å². The van der Waals surface area contributed by atoms with E-state index >= 15 is 0 Å². The number of rotatable bonds is 3. The standard InChI is InChI=1S/C14H21BrN2O2Si/c1-13(2,3)20(4,5)19-14(6-11(18)7-14)12-16-8-10(15)9-17-12/h8-9H,6-7H2,1-5H3. The van der Waals surface area contributed by atoms with Crippen LogP contribution in [0.5, 0.6) is 0 Å². The van der Waals surface area contributed by atoms with Crippen LogP contribution in [0.1, 0.15) is 39.4 Å². The first-order valence-electron chi connectivity index (χ1n) is 6.76. The quantitative estimate of drug-likeness (QED) is 0.772. The summed E-state index contributed by atoms with van der Waals surface area (Å²) < 4.78 is 7.33. The van der Waals surface area contributed by atoms with Gasteiger partial charge in [-0.2, -0.15) is 0 Å². The normalized spacial score (nSPS) is 18.8. The zero-order valence-electron chi connectivity index (χ0n) is 12.7. The summed E-state index contributed by atoms with van der Waals surface area (Å²) >= 11 is 3.33. The van der Waals surface area contributed by atoms with Gasteiger partial charge in [-0.05, 0) is 34.1 Å². The van der Waals surface area contributed by atoms with Crippen LogP contribution in [0.4, 0.5) is 0 Å². The number of hydrogen-bond acceptors (Lipinski definition) is 4. The molecule has 1 aliphatic rings. The molecule has 1 aromatic rings. The van der Waals surface area contributed by atoms with E-state index in [0.29, 0.717) is 18.7 Å². The Labute approximate surface area is 129 Å². The van der Waals surface area contributed by atoms with Crippen molar-refractivity contribution in [1.82, 2.24) is 9.97 Å². The highest BCUT2D eigenvalue weighted by atomic mass is 79.9. The SMILES string of the molecule is CC(C)(C)[Si](C)(C)OC1(c2ncc(Br)cn2)CC(=O)C1. The van der Waals surface area contributed by atoms with Crippen molar-refractivity contribution in [3.05, 3.63) is 22.7 Å². The summed E-state index contributed by atoms with van der Waals surface area (Å²) in [6.07, 6.45) is 4.20. The molecule has 0 atom stereocenters. The van der Waals surface area contributed by atoms with Gasteiger partial charge in [-0.15, -0.1) is 0 Å². The van der Waals surface area contributed by atoms with Crippen LogP contribution in [0.2, 0.25) is 18.1 Å². The molecule has 0 bridgehead atoms. The van der Waals surface area contributed by atoms with Crippen LogP contribution >= 0.6 is 15.9 Å². The van der Waals surface area contributed by atoms with E-state index in [9.17, 15) is 4.79 Å². The van der Waals surface area contributed by atoms with Gasteiger partial charge in [-0.3, -0.25) is 4.79 Å². The molecule has 0 spiro atoms. The Balaban J connectivity index is 2.32. The van der Waals surface area contributed by atoms with Gasteiger partial charge in [0.05, 0.1) is 4.47 Å². The lowest BCUT2D eigenvalue weighted by Crippen LogP contribution is -2.54. The second kappa shape index (κ2) is 5.00. The zero-order chi connectivity index (χ0) is 15.2. The van der Waals surface area contributed by atoms with Gasteiger partial charge in [0.25, 0.3) is 0 Å². The molecule has 20 heavy (non-hydrogen) atoms. The minimum Gasteiger partial charge on any atom is -0.403 e. The van der Waals surface area contributed by atoms with Crippen LogP contribution in [0, 0.1) is 0 Å². The van der Waals surface area contributed by atoms with Gasteiger partial charge in [-0.25, -0.2) is 9.97 Å². The Morgan fingerprint density at radius 1 is 1.25 bits per heavy atom. The third-order valence-corrected chi connectivity index (χ3v) is 9.17. The van der Waals surface area contributed by atoms with Gasteiger partial charge in [0.15, 0.2) is 14.1 Å². The van der Waals surface area contributed by atoms with Gasteiger partial charge in [0.1, 0.15) is 11.4 Å². The number of carbonyl (C=O) groups is 1. The predicted octanol–water partition coefficient (Wildman–Crippen LogP) is 3.82. The molecule has 1 fully saturated rings. The molecule has 1 heterocycles. The van der Waals surface area contributed by atoms with Crippen molar-refractivity contribution in [2.75, 3.05) is 0 Å². The summed E-state index contributed by atoms with van der Waals surface area (Å²) in [7, 11) is -1.98. The molecule has 0 saturated heterocycles. The molecule has 1 saturated carbocycles. The number of hydrogen-bond donors (Lipinski definition) is 0. The molecular weight excluding hydrogens is 336 g/mol. The summed E-state index contributed by atoms with van der Waals surface area (Å²) in [5.41, 5.74) is -0.610. The fourth-order valence-electron chi connectivity index (χ4n) is 2.05. The Bertz CT molecular complexity index is 515. The highest BCUT2D eigenvalue weighted by Crippen LogP contribution is 2.48. The zero-order valence-corrected chi connectivity index (χ0v) is 15.2. The third-order valence-electron chi connectivity index (χ3n) is 4.25.